The predicted molar refractivity (Wildman–Crippen MR) is 88.0 cm³/mol. The van der Waals surface area contributed by atoms with Crippen molar-refractivity contribution in [2.24, 2.45) is 5.92 Å². The van der Waals surface area contributed by atoms with Crippen LogP contribution < -0.4 is 5.32 Å². The first-order valence-corrected chi connectivity index (χ1v) is 8.30. The Morgan fingerprint density at radius 1 is 1.30 bits per heavy atom. The largest absolute Gasteiger partial charge is 0.445 e. The van der Waals surface area contributed by atoms with Crippen molar-refractivity contribution in [2.45, 2.75) is 58.0 Å². The molecule has 2 rings (SSSR count). The normalized spacial score (nSPS) is 25.6. The van der Waals surface area contributed by atoms with Crippen LogP contribution in [0.25, 0.3) is 0 Å². The van der Waals surface area contributed by atoms with Gasteiger partial charge in [0.05, 0.1) is 24.9 Å². The minimum absolute atomic E-state index is 0.0828. The Morgan fingerprint density at radius 2 is 1.96 bits per heavy atom. The molecule has 1 heterocycles. The second-order valence-corrected chi connectivity index (χ2v) is 6.42. The minimum Gasteiger partial charge on any atom is -0.445 e. The van der Waals surface area contributed by atoms with Gasteiger partial charge in [-0.05, 0) is 44.6 Å². The maximum atomic E-state index is 11.9. The lowest BCUT2D eigenvalue weighted by molar-refractivity contribution is -0.0556. The van der Waals surface area contributed by atoms with Gasteiger partial charge in [0.25, 0.3) is 0 Å². The molecule has 0 bridgehead atoms. The quantitative estimate of drug-likeness (QED) is 0.845. The minimum atomic E-state index is -0.485. The Hall–Kier alpha value is -1.59. The van der Waals surface area contributed by atoms with Gasteiger partial charge in [0.15, 0.2) is 0 Å². The van der Waals surface area contributed by atoms with Crippen molar-refractivity contribution in [3.63, 3.8) is 0 Å². The molecule has 128 valence electrons. The highest BCUT2D eigenvalue weighted by atomic mass is 16.5. The van der Waals surface area contributed by atoms with E-state index in [1.807, 2.05) is 30.3 Å². The van der Waals surface area contributed by atoms with Crippen molar-refractivity contribution in [3.05, 3.63) is 35.9 Å². The van der Waals surface area contributed by atoms with Crippen LogP contribution in [0.1, 0.15) is 38.7 Å². The van der Waals surface area contributed by atoms with Gasteiger partial charge in [0.1, 0.15) is 6.61 Å². The Balaban J connectivity index is 1.76. The average Bonchev–Trinajstić information content (AvgIpc) is 2.52. The Labute approximate surface area is 138 Å². The number of hydrogen-bond acceptors (Lipinski definition) is 4. The Kier molecular flexibility index (Phi) is 6.86. The number of carbonyl (C=O) groups is 1. The molecule has 0 radical (unpaired) electrons. The summed E-state index contributed by atoms with van der Waals surface area (Å²) in [5.41, 5.74) is 0.940. The molecule has 0 aromatic heterocycles. The van der Waals surface area contributed by atoms with Crippen LogP contribution in [0.2, 0.25) is 0 Å². The van der Waals surface area contributed by atoms with E-state index in [0.717, 1.165) is 24.8 Å². The van der Waals surface area contributed by atoms with Crippen molar-refractivity contribution in [1.29, 1.82) is 0 Å². The van der Waals surface area contributed by atoms with Crippen LogP contribution in [0.4, 0.5) is 4.79 Å². The first kappa shape index (κ1) is 17.8. The third-order valence-corrected chi connectivity index (χ3v) is 4.17. The van der Waals surface area contributed by atoms with E-state index in [2.05, 4.69) is 19.2 Å². The number of ether oxygens (including phenoxy) is 2. The molecule has 5 heteroatoms. The molecule has 1 fully saturated rings. The number of rotatable bonds is 6. The van der Waals surface area contributed by atoms with Crippen LogP contribution >= 0.6 is 0 Å². The van der Waals surface area contributed by atoms with E-state index in [9.17, 15) is 9.90 Å². The van der Waals surface area contributed by atoms with Gasteiger partial charge in [-0.15, -0.1) is 0 Å². The van der Waals surface area contributed by atoms with Crippen molar-refractivity contribution in [2.75, 3.05) is 6.61 Å². The van der Waals surface area contributed by atoms with Crippen LogP contribution in [0.5, 0.6) is 0 Å². The predicted octanol–water partition coefficient (Wildman–Crippen LogP) is 2.87. The third kappa shape index (κ3) is 6.20. The molecule has 1 amide bonds. The van der Waals surface area contributed by atoms with Gasteiger partial charge in [0.2, 0.25) is 0 Å². The van der Waals surface area contributed by atoms with Crippen molar-refractivity contribution in [1.82, 2.24) is 5.32 Å². The maximum absolute atomic E-state index is 11.9. The van der Waals surface area contributed by atoms with E-state index in [0.29, 0.717) is 5.92 Å². The van der Waals surface area contributed by atoms with E-state index in [1.165, 1.54) is 0 Å². The van der Waals surface area contributed by atoms with Gasteiger partial charge in [0, 0.05) is 0 Å². The fourth-order valence-corrected chi connectivity index (χ4v) is 3.25. The lowest BCUT2D eigenvalue weighted by atomic mass is 9.87. The highest BCUT2D eigenvalue weighted by Crippen LogP contribution is 2.28. The SMILES string of the molecule is C[C@@H]1CC(C[C@@H](CO)NC(=O)OCc2ccccc2)C[C@H](C)O1. The maximum Gasteiger partial charge on any atom is 0.407 e. The number of nitrogens with one attached hydrogen (secondary N) is 1. The second-order valence-electron chi connectivity index (χ2n) is 6.42. The number of alkyl carbamates (subject to hydrolysis) is 1. The van der Waals surface area contributed by atoms with Crippen molar-refractivity contribution in [3.8, 4) is 0 Å². The number of aliphatic hydroxyl groups excluding tert-OH is 1. The molecule has 23 heavy (non-hydrogen) atoms. The van der Waals surface area contributed by atoms with Crippen LogP contribution in [-0.4, -0.2) is 36.1 Å². The lowest BCUT2D eigenvalue weighted by Crippen LogP contribution is -2.41. The molecule has 1 aliphatic rings. The molecule has 1 unspecified atom stereocenters. The van der Waals surface area contributed by atoms with Crippen LogP contribution in [0.15, 0.2) is 30.3 Å². The number of carbonyl (C=O) groups excluding carboxylic acids is 1. The molecule has 4 atom stereocenters. The van der Waals surface area contributed by atoms with Crippen molar-refractivity contribution >= 4 is 6.09 Å². The summed E-state index contributed by atoms with van der Waals surface area (Å²) in [4.78, 5) is 11.9. The average molecular weight is 321 g/mol. The van der Waals surface area contributed by atoms with Gasteiger partial charge < -0.3 is 19.9 Å². The summed E-state index contributed by atoms with van der Waals surface area (Å²) in [5, 5.41) is 12.3. The molecule has 1 aliphatic heterocycles. The molecular formula is C18H27NO4. The Morgan fingerprint density at radius 3 is 2.57 bits per heavy atom. The standard InChI is InChI=1S/C18H27NO4/c1-13-8-16(9-14(2)23-13)10-17(11-20)19-18(21)22-12-15-6-4-3-5-7-15/h3-7,13-14,16-17,20H,8-12H2,1-2H3,(H,19,21)/t13-,14+,16?,17-/m0/s1. The number of benzene rings is 1. The smallest absolute Gasteiger partial charge is 0.407 e. The molecule has 1 aromatic rings. The lowest BCUT2D eigenvalue weighted by Gasteiger charge is -2.33. The van der Waals surface area contributed by atoms with Crippen LogP contribution in [0, 0.1) is 5.92 Å². The van der Waals surface area contributed by atoms with E-state index >= 15 is 0 Å². The highest BCUT2D eigenvalue weighted by molar-refractivity contribution is 5.67. The fraction of sp³-hybridized carbons (Fsp3) is 0.611. The molecule has 1 aromatic carbocycles. The van der Waals surface area contributed by atoms with Gasteiger partial charge in [-0.2, -0.15) is 0 Å². The molecule has 0 aliphatic carbocycles. The summed E-state index contributed by atoms with van der Waals surface area (Å²) in [6.07, 6.45) is 2.64. The first-order valence-electron chi connectivity index (χ1n) is 8.30. The van der Waals surface area contributed by atoms with Crippen molar-refractivity contribution < 1.29 is 19.4 Å². The molecule has 0 saturated carbocycles. The fourth-order valence-electron chi connectivity index (χ4n) is 3.25. The molecule has 2 N–H and O–H groups in total. The third-order valence-electron chi connectivity index (χ3n) is 4.17. The zero-order valence-electron chi connectivity index (χ0n) is 13.9. The van der Waals surface area contributed by atoms with Gasteiger partial charge in [-0.25, -0.2) is 4.79 Å². The topological polar surface area (TPSA) is 67.8 Å². The van der Waals surface area contributed by atoms with E-state index in [4.69, 9.17) is 9.47 Å². The number of aliphatic hydroxyl groups is 1. The summed E-state index contributed by atoms with van der Waals surface area (Å²) in [6, 6.07) is 9.26. The van der Waals surface area contributed by atoms with Gasteiger partial charge >= 0.3 is 6.09 Å². The van der Waals surface area contributed by atoms with E-state index < -0.39 is 6.09 Å². The van der Waals surface area contributed by atoms with Crippen LogP contribution in [0.3, 0.4) is 0 Å². The van der Waals surface area contributed by atoms with Gasteiger partial charge in [-0.3, -0.25) is 0 Å². The molecule has 5 nitrogen and oxygen atoms in total. The summed E-state index contributed by atoms with van der Waals surface area (Å²) in [6.45, 7) is 4.28. The van der Waals surface area contributed by atoms with Gasteiger partial charge in [-0.1, -0.05) is 30.3 Å². The van der Waals surface area contributed by atoms with E-state index in [-0.39, 0.29) is 31.5 Å². The monoisotopic (exact) mass is 321 g/mol. The van der Waals surface area contributed by atoms with Crippen LogP contribution in [-0.2, 0) is 16.1 Å². The Bertz CT molecular complexity index is 469. The zero-order chi connectivity index (χ0) is 16.7. The molecular weight excluding hydrogens is 294 g/mol. The summed E-state index contributed by atoms with van der Waals surface area (Å²) >= 11 is 0. The second kappa shape index (κ2) is 8.89. The summed E-state index contributed by atoms with van der Waals surface area (Å²) in [5.74, 6) is 0.445. The molecule has 0 spiro atoms. The number of hydrogen-bond donors (Lipinski definition) is 2. The molecule has 1 saturated heterocycles. The summed E-state index contributed by atoms with van der Waals surface area (Å²) in [7, 11) is 0. The first-order chi connectivity index (χ1) is 11.1. The van der Waals surface area contributed by atoms with E-state index in [1.54, 1.807) is 0 Å². The number of amides is 1. The summed E-state index contributed by atoms with van der Waals surface area (Å²) < 4.78 is 10.9. The highest BCUT2D eigenvalue weighted by Gasteiger charge is 2.27. The zero-order valence-corrected chi connectivity index (χ0v) is 13.9.